The minimum Gasteiger partial charge on any atom is -0.399 e. The fourth-order valence-corrected chi connectivity index (χ4v) is 2.20. The number of hydrogen-bond acceptors (Lipinski definition) is 2. The lowest BCUT2D eigenvalue weighted by atomic mass is 10.0. The fraction of sp³-hybridized carbons (Fsp3) is 0.143. The van der Waals surface area contributed by atoms with E-state index in [0.29, 0.717) is 16.8 Å². The third-order valence-corrected chi connectivity index (χ3v) is 3.21. The molecule has 4 heteroatoms. The Morgan fingerprint density at radius 2 is 2.00 bits per heavy atom. The molecule has 0 aromatic heterocycles. The molecule has 0 heterocycles. The highest BCUT2D eigenvalue weighted by Gasteiger charge is 2.12. The van der Waals surface area contributed by atoms with Crippen LogP contribution in [0.3, 0.4) is 0 Å². The number of anilines is 1. The van der Waals surface area contributed by atoms with Crippen molar-refractivity contribution in [1.82, 2.24) is 0 Å². The molecule has 0 aliphatic carbocycles. The molecule has 0 fully saturated rings. The Bertz CT molecular complexity index is 559. The van der Waals surface area contributed by atoms with E-state index in [9.17, 15) is 9.50 Å². The maximum absolute atomic E-state index is 13.6. The van der Waals surface area contributed by atoms with Crippen LogP contribution in [0.25, 0.3) is 0 Å². The number of rotatable bonds is 3. The summed E-state index contributed by atoms with van der Waals surface area (Å²) in [6.07, 6.45) is -0.549. The standard InChI is InChI=1S/C14H13BrFNO/c15-11-4-5-13(16)10(6-11)8-14(18)9-2-1-3-12(17)7-9/h1-7,14,18H,8,17H2. The summed E-state index contributed by atoms with van der Waals surface area (Å²) in [6.45, 7) is 0. The normalized spacial score (nSPS) is 12.4. The van der Waals surface area contributed by atoms with Gasteiger partial charge in [-0.3, -0.25) is 0 Å². The molecule has 0 aliphatic rings. The van der Waals surface area contributed by atoms with Crippen molar-refractivity contribution in [3.05, 3.63) is 63.9 Å². The van der Waals surface area contributed by atoms with E-state index < -0.39 is 6.10 Å². The Kier molecular flexibility index (Phi) is 3.99. The number of aliphatic hydroxyl groups is 1. The molecule has 0 radical (unpaired) electrons. The summed E-state index contributed by atoms with van der Waals surface area (Å²) in [5.41, 5.74) is 7.40. The topological polar surface area (TPSA) is 46.2 Å². The van der Waals surface area contributed by atoms with Gasteiger partial charge in [0, 0.05) is 16.6 Å². The number of hydrogen-bond donors (Lipinski definition) is 2. The summed E-state index contributed by atoms with van der Waals surface area (Å²) in [4.78, 5) is 0. The molecule has 0 bridgehead atoms. The van der Waals surface area contributed by atoms with Crippen LogP contribution in [0, 0.1) is 5.82 Å². The van der Waals surface area contributed by atoms with E-state index in [-0.39, 0.29) is 12.2 Å². The second-order valence-electron chi connectivity index (χ2n) is 4.13. The van der Waals surface area contributed by atoms with E-state index in [2.05, 4.69) is 15.9 Å². The van der Waals surface area contributed by atoms with Crippen molar-refractivity contribution in [3.8, 4) is 0 Å². The number of halogens is 2. The first-order valence-electron chi connectivity index (χ1n) is 5.53. The van der Waals surface area contributed by atoms with Crippen LogP contribution in [0.4, 0.5) is 10.1 Å². The lowest BCUT2D eigenvalue weighted by Crippen LogP contribution is -2.04. The summed E-state index contributed by atoms with van der Waals surface area (Å²) in [5, 5.41) is 10.1. The van der Waals surface area contributed by atoms with Crippen LogP contribution < -0.4 is 5.73 Å². The summed E-state index contributed by atoms with van der Waals surface area (Å²) < 4.78 is 14.4. The Labute approximate surface area is 113 Å². The predicted octanol–water partition coefficient (Wildman–Crippen LogP) is 3.45. The van der Waals surface area contributed by atoms with Crippen molar-refractivity contribution in [3.63, 3.8) is 0 Å². The first-order valence-corrected chi connectivity index (χ1v) is 6.33. The average molecular weight is 310 g/mol. The molecule has 0 saturated carbocycles. The molecule has 2 aromatic carbocycles. The van der Waals surface area contributed by atoms with Gasteiger partial charge in [0.1, 0.15) is 5.82 Å². The number of aliphatic hydroxyl groups excluding tert-OH is 1. The van der Waals surface area contributed by atoms with Gasteiger partial charge in [-0.25, -0.2) is 4.39 Å². The third kappa shape index (κ3) is 3.09. The molecule has 0 amide bonds. The second-order valence-corrected chi connectivity index (χ2v) is 5.04. The number of benzene rings is 2. The van der Waals surface area contributed by atoms with E-state index in [4.69, 9.17) is 5.73 Å². The monoisotopic (exact) mass is 309 g/mol. The minimum atomic E-state index is -0.766. The molecule has 18 heavy (non-hydrogen) atoms. The van der Waals surface area contributed by atoms with Gasteiger partial charge in [0.2, 0.25) is 0 Å². The van der Waals surface area contributed by atoms with Crippen molar-refractivity contribution in [2.24, 2.45) is 0 Å². The molecular weight excluding hydrogens is 297 g/mol. The van der Waals surface area contributed by atoms with E-state index >= 15 is 0 Å². The molecule has 2 nitrogen and oxygen atoms in total. The first kappa shape index (κ1) is 13.1. The van der Waals surface area contributed by atoms with Gasteiger partial charge < -0.3 is 10.8 Å². The Balaban J connectivity index is 2.21. The zero-order valence-corrected chi connectivity index (χ0v) is 11.2. The highest BCUT2D eigenvalue weighted by molar-refractivity contribution is 9.10. The lowest BCUT2D eigenvalue weighted by Gasteiger charge is -2.12. The van der Waals surface area contributed by atoms with E-state index in [1.54, 1.807) is 36.4 Å². The van der Waals surface area contributed by atoms with Crippen molar-refractivity contribution < 1.29 is 9.50 Å². The Hall–Kier alpha value is -1.39. The van der Waals surface area contributed by atoms with Crippen LogP contribution in [0.1, 0.15) is 17.2 Å². The van der Waals surface area contributed by atoms with Gasteiger partial charge in [-0.1, -0.05) is 28.1 Å². The Morgan fingerprint density at radius 1 is 1.22 bits per heavy atom. The van der Waals surface area contributed by atoms with Crippen LogP contribution in [-0.2, 0) is 6.42 Å². The van der Waals surface area contributed by atoms with Crippen molar-refractivity contribution >= 4 is 21.6 Å². The van der Waals surface area contributed by atoms with Crippen LogP contribution in [0.5, 0.6) is 0 Å². The van der Waals surface area contributed by atoms with Gasteiger partial charge in [-0.15, -0.1) is 0 Å². The third-order valence-electron chi connectivity index (χ3n) is 2.72. The van der Waals surface area contributed by atoms with Crippen LogP contribution in [-0.4, -0.2) is 5.11 Å². The quantitative estimate of drug-likeness (QED) is 0.853. The highest BCUT2D eigenvalue weighted by atomic mass is 79.9. The van der Waals surface area contributed by atoms with Gasteiger partial charge in [0.15, 0.2) is 0 Å². The largest absolute Gasteiger partial charge is 0.399 e. The molecule has 2 rings (SSSR count). The molecule has 2 aromatic rings. The van der Waals surface area contributed by atoms with Crippen LogP contribution in [0.15, 0.2) is 46.9 Å². The summed E-state index contributed by atoms with van der Waals surface area (Å²) >= 11 is 3.29. The molecule has 0 aliphatic heterocycles. The predicted molar refractivity (Wildman–Crippen MR) is 73.6 cm³/mol. The minimum absolute atomic E-state index is 0.217. The van der Waals surface area contributed by atoms with Gasteiger partial charge in [0.25, 0.3) is 0 Å². The van der Waals surface area contributed by atoms with Crippen LogP contribution >= 0.6 is 15.9 Å². The molecule has 3 N–H and O–H groups in total. The first-order chi connectivity index (χ1) is 8.56. The van der Waals surface area contributed by atoms with Gasteiger partial charge >= 0.3 is 0 Å². The molecular formula is C14H13BrFNO. The van der Waals surface area contributed by atoms with Gasteiger partial charge in [-0.2, -0.15) is 0 Å². The molecule has 94 valence electrons. The van der Waals surface area contributed by atoms with Crippen LogP contribution in [0.2, 0.25) is 0 Å². The molecule has 0 saturated heterocycles. The van der Waals surface area contributed by atoms with E-state index in [1.807, 2.05) is 0 Å². The van der Waals surface area contributed by atoms with E-state index in [1.165, 1.54) is 6.07 Å². The number of nitrogen functional groups attached to an aromatic ring is 1. The van der Waals surface area contributed by atoms with E-state index in [0.717, 1.165) is 4.47 Å². The maximum Gasteiger partial charge on any atom is 0.126 e. The molecule has 0 spiro atoms. The Morgan fingerprint density at radius 3 is 2.72 bits per heavy atom. The molecule has 1 unspecified atom stereocenters. The smallest absolute Gasteiger partial charge is 0.126 e. The fourth-order valence-electron chi connectivity index (χ4n) is 1.79. The SMILES string of the molecule is Nc1cccc(C(O)Cc2cc(Br)ccc2F)c1. The van der Waals surface area contributed by atoms with Gasteiger partial charge in [-0.05, 0) is 41.5 Å². The zero-order chi connectivity index (χ0) is 13.1. The molecule has 1 atom stereocenters. The lowest BCUT2D eigenvalue weighted by molar-refractivity contribution is 0.177. The van der Waals surface area contributed by atoms with Crippen molar-refractivity contribution in [2.75, 3.05) is 5.73 Å². The van der Waals surface area contributed by atoms with Crippen molar-refractivity contribution in [1.29, 1.82) is 0 Å². The van der Waals surface area contributed by atoms with Gasteiger partial charge in [0.05, 0.1) is 6.10 Å². The highest BCUT2D eigenvalue weighted by Crippen LogP contribution is 2.23. The summed E-state index contributed by atoms with van der Waals surface area (Å²) in [6, 6.07) is 11.7. The number of nitrogens with two attached hydrogens (primary N) is 1. The average Bonchev–Trinajstić information content (AvgIpc) is 2.34. The second kappa shape index (κ2) is 5.50. The summed E-state index contributed by atoms with van der Waals surface area (Å²) in [7, 11) is 0. The summed E-state index contributed by atoms with van der Waals surface area (Å²) in [5.74, 6) is -0.318. The maximum atomic E-state index is 13.6. The zero-order valence-electron chi connectivity index (χ0n) is 9.61. The van der Waals surface area contributed by atoms with Crippen molar-refractivity contribution in [2.45, 2.75) is 12.5 Å².